The van der Waals surface area contributed by atoms with Crippen LogP contribution < -0.4 is 4.74 Å². The molecule has 0 amide bonds. The van der Waals surface area contributed by atoms with Crippen LogP contribution in [-0.4, -0.2) is 40.0 Å². The highest BCUT2D eigenvalue weighted by atomic mass is 32.1. The van der Waals surface area contributed by atoms with Crippen LogP contribution >= 0.6 is 11.3 Å². The van der Waals surface area contributed by atoms with Crippen LogP contribution in [0.3, 0.4) is 0 Å². The highest BCUT2D eigenvalue weighted by molar-refractivity contribution is 7.09. The number of hydrogen-bond acceptors (Lipinski definition) is 6. The topological polar surface area (TPSA) is 88.9 Å². The van der Waals surface area contributed by atoms with Crippen molar-refractivity contribution in [2.45, 2.75) is 44.5 Å². The van der Waals surface area contributed by atoms with E-state index in [2.05, 4.69) is 4.98 Å². The van der Waals surface area contributed by atoms with Gasteiger partial charge < -0.3 is 19.7 Å². The van der Waals surface area contributed by atoms with E-state index in [1.165, 1.54) is 16.9 Å². The molecule has 1 saturated carbocycles. The third kappa shape index (κ3) is 3.85. The molecule has 5 unspecified atom stereocenters. The molecule has 1 aliphatic heterocycles. The van der Waals surface area contributed by atoms with Gasteiger partial charge in [-0.2, -0.15) is 0 Å². The third-order valence-electron chi connectivity index (χ3n) is 5.58. The molecule has 5 atom stereocenters. The first-order valence-electron chi connectivity index (χ1n) is 9.23. The van der Waals surface area contributed by atoms with E-state index in [-0.39, 0.29) is 29.7 Å². The van der Waals surface area contributed by atoms with Gasteiger partial charge in [-0.1, -0.05) is 17.7 Å². The van der Waals surface area contributed by atoms with Gasteiger partial charge in [-0.25, -0.2) is 9.78 Å². The number of carbonyl (C=O) groups is 1. The van der Waals surface area contributed by atoms with E-state index < -0.39 is 12.1 Å². The summed E-state index contributed by atoms with van der Waals surface area (Å²) < 4.78 is 12.1. The molecule has 1 saturated heterocycles. The molecule has 2 aliphatic rings. The number of carboxylic acid groups (broad SMARTS) is 1. The summed E-state index contributed by atoms with van der Waals surface area (Å²) in [5.74, 6) is 0.0920. The molecule has 2 aromatic rings. The van der Waals surface area contributed by atoms with Crippen LogP contribution in [0.5, 0.6) is 5.75 Å². The Bertz CT molecular complexity index is 805. The highest BCUT2D eigenvalue weighted by Gasteiger charge is 2.47. The highest BCUT2D eigenvalue weighted by Crippen LogP contribution is 2.46. The Kier molecular flexibility index (Phi) is 5.16. The summed E-state index contributed by atoms with van der Waals surface area (Å²) in [5, 5.41) is 21.8. The number of aliphatic hydroxyl groups excluding tert-OH is 1. The van der Waals surface area contributed by atoms with Gasteiger partial charge in [0.25, 0.3) is 0 Å². The van der Waals surface area contributed by atoms with Crippen LogP contribution in [0.4, 0.5) is 0 Å². The van der Waals surface area contributed by atoms with Gasteiger partial charge in [-0.05, 0) is 37.8 Å². The van der Waals surface area contributed by atoms with Crippen molar-refractivity contribution in [1.82, 2.24) is 4.98 Å². The van der Waals surface area contributed by atoms with E-state index in [1.54, 1.807) is 5.38 Å². The fourth-order valence-corrected chi connectivity index (χ4v) is 4.97. The Balaban J connectivity index is 1.38. The van der Waals surface area contributed by atoms with Gasteiger partial charge in [0.2, 0.25) is 0 Å². The molecule has 144 valence electrons. The van der Waals surface area contributed by atoms with Gasteiger partial charge >= 0.3 is 5.97 Å². The Morgan fingerprint density at radius 1 is 1.33 bits per heavy atom. The van der Waals surface area contributed by atoms with Crippen molar-refractivity contribution in [2.75, 3.05) is 6.61 Å². The van der Waals surface area contributed by atoms with Crippen LogP contribution in [-0.2, 0) is 4.74 Å². The van der Waals surface area contributed by atoms with E-state index in [0.29, 0.717) is 18.0 Å². The number of aliphatic hydroxyl groups is 1. The molecule has 4 rings (SSSR count). The average Bonchev–Trinajstić information content (AvgIpc) is 3.25. The fraction of sp³-hybridized carbons (Fsp3) is 0.500. The third-order valence-corrected chi connectivity index (χ3v) is 6.51. The molecule has 6 nitrogen and oxygen atoms in total. The van der Waals surface area contributed by atoms with E-state index in [4.69, 9.17) is 14.6 Å². The van der Waals surface area contributed by atoms with Gasteiger partial charge in [-0.3, -0.25) is 0 Å². The van der Waals surface area contributed by atoms with Crippen LogP contribution in [0.2, 0.25) is 0 Å². The predicted molar refractivity (Wildman–Crippen MR) is 100 cm³/mol. The minimum atomic E-state index is -1.02. The summed E-state index contributed by atoms with van der Waals surface area (Å²) in [4.78, 5) is 15.2. The zero-order valence-electron chi connectivity index (χ0n) is 15.1. The Labute approximate surface area is 161 Å². The quantitative estimate of drug-likeness (QED) is 0.814. The van der Waals surface area contributed by atoms with Crippen LogP contribution in [0.1, 0.15) is 46.4 Å². The van der Waals surface area contributed by atoms with Crippen LogP contribution in [0.15, 0.2) is 29.6 Å². The summed E-state index contributed by atoms with van der Waals surface area (Å²) in [5.41, 5.74) is 1.25. The number of aromatic carboxylic acids is 1. The molecule has 1 aromatic carbocycles. The second-order valence-corrected chi connectivity index (χ2v) is 8.26. The lowest BCUT2D eigenvalue weighted by Crippen LogP contribution is -2.33. The van der Waals surface area contributed by atoms with Gasteiger partial charge in [0, 0.05) is 17.7 Å². The van der Waals surface area contributed by atoms with Gasteiger partial charge in [0.1, 0.15) is 16.9 Å². The summed E-state index contributed by atoms with van der Waals surface area (Å²) in [6, 6.07) is 7.92. The molecular formula is C20H23NO5S. The van der Waals surface area contributed by atoms with E-state index in [1.807, 2.05) is 31.2 Å². The largest absolute Gasteiger partial charge is 0.493 e. The molecule has 27 heavy (non-hydrogen) atoms. The average molecular weight is 389 g/mol. The maximum Gasteiger partial charge on any atom is 0.355 e. The number of rotatable bonds is 5. The Hall–Kier alpha value is -1.96. The number of ether oxygens (including phenoxy) is 2. The number of benzene rings is 1. The van der Waals surface area contributed by atoms with Crippen molar-refractivity contribution in [3.63, 3.8) is 0 Å². The van der Waals surface area contributed by atoms with Crippen molar-refractivity contribution in [1.29, 1.82) is 0 Å². The monoisotopic (exact) mass is 389 g/mol. The first-order valence-corrected chi connectivity index (χ1v) is 10.1. The number of fused-ring (bicyclic) bond motifs is 1. The molecule has 0 radical (unpaired) electrons. The Morgan fingerprint density at radius 3 is 2.81 bits per heavy atom. The normalized spacial score (nSPS) is 30.1. The minimum absolute atomic E-state index is 0.0393. The summed E-state index contributed by atoms with van der Waals surface area (Å²) in [6.45, 7) is 2.51. The maximum atomic E-state index is 11.0. The molecule has 2 N–H and O–H groups in total. The number of aromatic nitrogens is 1. The van der Waals surface area contributed by atoms with Crippen LogP contribution in [0.25, 0.3) is 0 Å². The second kappa shape index (κ2) is 7.58. The van der Waals surface area contributed by atoms with E-state index >= 15 is 0 Å². The fourth-order valence-electron chi connectivity index (χ4n) is 4.10. The molecule has 0 spiro atoms. The first kappa shape index (κ1) is 18.4. The number of thiazole rings is 1. The smallest absolute Gasteiger partial charge is 0.355 e. The summed E-state index contributed by atoms with van der Waals surface area (Å²) in [7, 11) is 0. The lowest BCUT2D eigenvalue weighted by Gasteiger charge is -2.33. The van der Waals surface area contributed by atoms with Gasteiger partial charge in [0.15, 0.2) is 5.69 Å². The molecule has 2 heterocycles. The molecule has 2 fully saturated rings. The summed E-state index contributed by atoms with van der Waals surface area (Å²) >= 11 is 1.32. The lowest BCUT2D eigenvalue weighted by molar-refractivity contribution is -0.0811. The molecule has 7 heteroatoms. The first-order chi connectivity index (χ1) is 13.0. The van der Waals surface area contributed by atoms with Crippen molar-refractivity contribution in [2.24, 2.45) is 11.8 Å². The van der Waals surface area contributed by atoms with Crippen molar-refractivity contribution in [3.05, 3.63) is 45.9 Å². The molecule has 0 bridgehead atoms. The number of hydrogen-bond donors (Lipinski definition) is 2. The summed E-state index contributed by atoms with van der Waals surface area (Å²) in [6.07, 6.45) is 1.60. The minimum Gasteiger partial charge on any atom is -0.493 e. The van der Waals surface area contributed by atoms with E-state index in [0.717, 1.165) is 18.6 Å². The lowest BCUT2D eigenvalue weighted by atomic mass is 9.87. The second-order valence-electron chi connectivity index (χ2n) is 7.37. The Morgan fingerprint density at radius 2 is 2.11 bits per heavy atom. The van der Waals surface area contributed by atoms with Gasteiger partial charge in [0.05, 0.1) is 18.8 Å². The number of aryl methyl sites for hydroxylation is 1. The zero-order chi connectivity index (χ0) is 19.0. The number of carboxylic acids is 1. The molecular weight excluding hydrogens is 366 g/mol. The molecule has 1 aliphatic carbocycles. The van der Waals surface area contributed by atoms with Crippen molar-refractivity contribution >= 4 is 17.3 Å². The van der Waals surface area contributed by atoms with E-state index in [9.17, 15) is 9.90 Å². The van der Waals surface area contributed by atoms with Crippen molar-refractivity contribution in [3.8, 4) is 5.75 Å². The maximum absolute atomic E-state index is 11.0. The van der Waals surface area contributed by atoms with Crippen molar-refractivity contribution < 1.29 is 24.5 Å². The number of nitrogens with zero attached hydrogens (tertiary/aromatic N) is 1. The standard InChI is InChI=1S/C20H23NO5S/c1-11-2-4-12(5-3-11)25-9-14-13-6-7-17(26-18(13)8-16(14)22)19-21-15(10-27-19)20(23)24/h2-5,10,13-14,16-18,22H,6-9H2,1H3,(H,23,24). The van der Waals surface area contributed by atoms with Crippen LogP contribution in [0, 0.1) is 18.8 Å². The van der Waals surface area contributed by atoms with Gasteiger partial charge in [-0.15, -0.1) is 11.3 Å². The SMILES string of the molecule is Cc1ccc(OCC2C(O)CC3OC(c4nc(C(=O)O)cs4)CCC32)cc1. The zero-order valence-corrected chi connectivity index (χ0v) is 15.9. The molecule has 1 aromatic heterocycles. The predicted octanol–water partition coefficient (Wildman–Crippen LogP) is 3.45.